The lowest BCUT2D eigenvalue weighted by molar-refractivity contribution is 0.305. The molecular weight excluding hydrogens is 174 g/mol. The predicted octanol–water partition coefficient (Wildman–Crippen LogP) is 3.06. The molecule has 78 valence electrons. The van der Waals surface area contributed by atoms with E-state index < -0.39 is 0 Å². The number of hydrogen-bond acceptors (Lipinski definition) is 2. The average Bonchev–Trinajstić information content (AvgIpc) is 2.09. The lowest BCUT2D eigenvalue weighted by Crippen LogP contribution is -2.01. The van der Waals surface area contributed by atoms with Crippen LogP contribution in [0.3, 0.4) is 0 Å². The number of anilines is 1. The fourth-order valence-corrected chi connectivity index (χ4v) is 1.53. The third-order valence-corrected chi connectivity index (χ3v) is 2.23. The summed E-state index contributed by atoms with van der Waals surface area (Å²) in [4.78, 5) is 0. The summed E-state index contributed by atoms with van der Waals surface area (Å²) >= 11 is 0. The van der Waals surface area contributed by atoms with Crippen LogP contribution in [0.15, 0.2) is 12.1 Å². The number of benzene rings is 1. The number of aryl methyl sites for hydroxylation is 2. The Morgan fingerprint density at radius 3 is 2.29 bits per heavy atom. The van der Waals surface area contributed by atoms with Crippen molar-refractivity contribution in [1.29, 1.82) is 0 Å². The van der Waals surface area contributed by atoms with Gasteiger partial charge in [0.1, 0.15) is 5.75 Å². The van der Waals surface area contributed by atoms with Crippen molar-refractivity contribution in [2.45, 2.75) is 33.6 Å². The fraction of sp³-hybridized carbons (Fsp3) is 0.500. The molecule has 0 aliphatic heterocycles. The molecule has 1 rings (SSSR count). The van der Waals surface area contributed by atoms with Crippen LogP contribution < -0.4 is 10.5 Å². The number of hydrogen-bond donors (Lipinski definition) is 1. The van der Waals surface area contributed by atoms with E-state index in [1.54, 1.807) is 0 Å². The first-order valence-electron chi connectivity index (χ1n) is 5.14. The van der Waals surface area contributed by atoms with Crippen molar-refractivity contribution >= 4 is 5.69 Å². The van der Waals surface area contributed by atoms with E-state index in [2.05, 4.69) is 6.92 Å². The molecule has 0 saturated heterocycles. The van der Waals surface area contributed by atoms with Crippen molar-refractivity contribution in [2.75, 3.05) is 12.3 Å². The number of rotatable bonds is 4. The Balaban J connectivity index is 2.75. The summed E-state index contributed by atoms with van der Waals surface area (Å²) in [6.45, 7) is 7.02. The van der Waals surface area contributed by atoms with E-state index in [4.69, 9.17) is 10.5 Å². The minimum atomic E-state index is 0.794. The Morgan fingerprint density at radius 2 is 1.79 bits per heavy atom. The SMILES string of the molecule is CCCCOc1c(C)cc(N)cc1C. The molecule has 2 heteroatoms. The Labute approximate surface area is 86.1 Å². The van der Waals surface area contributed by atoms with Gasteiger partial charge in [-0.2, -0.15) is 0 Å². The highest BCUT2D eigenvalue weighted by Crippen LogP contribution is 2.25. The molecule has 0 aliphatic rings. The summed E-state index contributed by atoms with van der Waals surface area (Å²) < 4.78 is 5.71. The highest BCUT2D eigenvalue weighted by atomic mass is 16.5. The molecule has 1 aromatic carbocycles. The zero-order valence-corrected chi connectivity index (χ0v) is 9.26. The summed E-state index contributed by atoms with van der Waals surface area (Å²) in [5.74, 6) is 0.993. The van der Waals surface area contributed by atoms with Gasteiger partial charge in [0.05, 0.1) is 6.61 Å². The van der Waals surface area contributed by atoms with Crippen molar-refractivity contribution in [2.24, 2.45) is 0 Å². The summed E-state index contributed by atoms with van der Waals surface area (Å²) in [7, 11) is 0. The van der Waals surface area contributed by atoms with Crippen molar-refractivity contribution in [3.05, 3.63) is 23.3 Å². The Hall–Kier alpha value is -1.18. The number of nitrogen functional groups attached to an aromatic ring is 1. The lowest BCUT2D eigenvalue weighted by Gasteiger charge is -2.12. The van der Waals surface area contributed by atoms with E-state index in [0.29, 0.717) is 0 Å². The van der Waals surface area contributed by atoms with Gasteiger partial charge >= 0.3 is 0 Å². The first-order valence-corrected chi connectivity index (χ1v) is 5.14. The van der Waals surface area contributed by atoms with E-state index in [9.17, 15) is 0 Å². The molecule has 0 radical (unpaired) electrons. The third-order valence-electron chi connectivity index (χ3n) is 2.23. The van der Waals surface area contributed by atoms with Gasteiger partial charge in [-0.3, -0.25) is 0 Å². The molecule has 0 aromatic heterocycles. The van der Waals surface area contributed by atoms with Gasteiger partial charge in [0.2, 0.25) is 0 Å². The Bertz CT molecular complexity index is 284. The van der Waals surface area contributed by atoms with Gasteiger partial charge in [0.15, 0.2) is 0 Å². The second kappa shape index (κ2) is 4.89. The van der Waals surface area contributed by atoms with Gasteiger partial charge in [0, 0.05) is 5.69 Å². The molecule has 0 spiro atoms. The van der Waals surface area contributed by atoms with E-state index in [0.717, 1.165) is 42.0 Å². The second-order valence-corrected chi connectivity index (χ2v) is 3.69. The normalized spacial score (nSPS) is 10.2. The molecule has 0 heterocycles. The van der Waals surface area contributed by atoms with Crippen LogP contribution in [0.5, 0.6) is 5.75 Å². The maximum atomic E-state index is 5.73. The molecular formula is C12H19NO. The monoisotopic (exact) mass is 193 g/mol. The average molecular weight is 193 g/mol. The molecule has 0 bridgehead atoms. The maximum Gasteiger partial charge on any atom is 0.125 e. The third kappa shape index (κ3) is 2.66. The van der Waals surface area contributed by atoms with E-state index in [1.807, 2.05) is 26.0 Å². The summed E-state index contributed by atoms with van der Waals surface area (Å²) in [5.41, 5.74) is 8.78. The molecule has 0 saturated carbocycles. The lowest BCUT2D eigenvalue weighted by atomic mass is 10.1. The number of unbranched alkanes of at least 4 members (excludes halogenated alkanes) is 1. The van der Waals surface area contributed by atoms with Crippen LogP contribution in [0, 0.1) is 13.8 Å². The van der Waals surface area contributed by atoms with Crippen molar-refractivity contribution in [1.82, 2.24) is 0 Å². The van der Waals surface area contributed by atoms with Crippen molar-refractivity contribution < 1.29 is 4.74 Å². The largest absolute Gasteiger partial charge is 0.493 e. The quantitative estimate of drug-likeness (QED) is 0.589. The van der Waals surface area contributed by atoms with Crippen LogP contribution in [0.2, 0.25) is 0 Å². The number of ether oxygens (including phenoxy) is 1. The molecule has 1 aromatic rings. The zero-order chi connectivity index (χ0) is 10.6. The molecule has 0 atom stereocenters. The highest BCUT2D eigenvalue weighted by molar-refractivity contribution is 5.52. The molecule has 0 aliphatic carbocycles. The summed E-state index contributed by atoms with van der Waals surface area (Å²) in [6.07, 6.45) is 2.26. The van der Waals surface area contributed by atoms with E-state index >= 15 is 0 Å². The first kappa shape index (κ1) is 10.9. The van der Waals surface area contributed by atoms with Gasteiger partial charge in [-0.25, -0.2) is 0 Å². The molecule has 0 unspecified atom stereocenters. The van der Waals surface area contributed by atoms with Gasteiger partial charge in [0.25, 0.3) is 0 Å². The van der Waals surface area contributed by atoms with Crippen LogP contribution in [0.4, 0.5) is 5.69 Å². The topological polar surface area (TPSA) is 35.2 Å². The Morgan fingerprint density at radius 1 is 1.21 bits per heavy atom. The molecule has 2 nitrogen and oxygen atoms in total. The van der Waals surface area contributed by atoms with Crippen LogP contribution in [-0.4, -0.2) is 6.61 Å². The van der Waals surface area contributed by atoms with Crippen molar-refractivity contribution in [3.8, 4) is 5.75 Å². The van der Waals surface area contributed by atoms with Crippen LogP contribution in [0.25, 0.3) is 0 Å². The minimum Gasteiger partial charge on any atom is -0.493 e. The molecule has 2 N–H and O–H groups in total. The molecule has 0 amide bonds. The van der Waals surface area contributed by atoms with Crippen LogP contribution in [-0.2, 0) is 0 Å². The fourth-order valence-electron chi connectivity index (χ4n) is 1.53. The van der Waals surface area contributed by atoms with Gasteiger partial charge in [-0.15, -0.1) is 0 Å². The van der Waals surface area contributed by atoms with Gasteiger partial charge < -0.3 is 10.5 Å². The van der Waals surface area contributed by atoms with Crippen LogP contribution in [0.1, 0.15) is 30.9 Å². The second-order valence-electron chi connectivity index (χ2n) is 3.69. The maximum absolute atomic E-state index is 5.73. The zero-order valence-electron chi connectivity index (χ0n) is 9.26. The van der Waals surface area contributed by atoms with Gasteiger partial charge in [-0.1, -0.05) is 13.3 Å². The minimum absolute atomic E-state index is 0.794. The highest BCUT2D eigenvalue weighted by Gasteiger charge is 2.04. The smallest absolute Gasteiger partial charge is 0.125 e. The standard InChI is InChI=1S/C12H19NO/c1-4-5-6-14-12-9(2)7-11(13)8-10(12)3/h7-8H,4-6,13H2,1-3H3. The van der Waals surface area contributed by atoms with E-state index in [1.165, 1.54) is 0 Å². The predicted molar refractivity (Wildman–Crippen MR) is 60.7 cm³/mol. The number of nitrogens with two attached hydrogens (primary N) is 1. The Kier molecular flexibility index (Phi) is 3.81. The van der Waals surface area contributed by atoms with Gasteiger partial charge in [-0.05, 0) is 43.5 Å². The summed E-state index contributed by atoms with van der Waals surface area (Å²) in [5, 5.41) is 0. The molecule has 0 fully saturated rings. The molecule has 14 heavy (non-hydrogen) atoms. The van der Waals surface area contributed by atoms with E-state index in [-0.39, 0.29) is 0 Å². The van der Waals surface area contributed by atoms with Crippen LogP contribution >= 0.6 is 0 Å². The van der Waals surface area contributed by atoms with Crippen molar-refractivity contribution in [3.63, 3.8) is 0 Å². The first-order chi connectivity index (χ1) is 6.65. The summed E-state index contributed by atoms with van der Waals surface area (Å²) in [6, 6.07) is 3.91.